The van der Waals surface area contributed by atoms with Crippen LogP contribution >= 0.6 is 11.8 Å². The van der Waals surface area contributed by atoms with Crippen LogP contribution < -0.4 is 5.32 Å². The molecule has 1 atom stereocenters. The van der Waals surface area contributed by atoms with E-state index in [0.29, 0.717) is 23.6 Å². The molecule has 130 valence electrons. The molecule has 1 aliphatic heterocycles. The van der Waals surface area contributed by atoms with Crippen LogP contribution in [0.3, 0.4) is 0 Å². The van der Waals surface area contributed by atoms with E-state index in [1.165, 1.54) is 11.8 Å². The molecule has 0 saturated carbocycles. The molecule has 1 aliphatic rings. The maximum atomic E-state index is 12.8. The van der Waals surface area contributed by atoms with Gasteiger partial charge in [0.15, 0.2) is 0 Å². The van der Waals surface area contributed by atoms with E-state index in [1.54, 1.807) is 31.7 Å². The zero-order valence-electron chi connectivity index (χ0n) is 14.2. The average molecular weight is 356 g/mol. The molecule has 0 fully saturated rings. The van der Waals surface area contributed by atoms with Crippen molar-refractivity contribution in [2.45, 2.75) is 25.5 Å². The number of benzene rings is 1. The van der Waals surface area contributed by atoms with E-state index in [0.717, 1.165) is 17.7 Å². The van der Waals surface area contributed by atoms with Crippen LogP contribution in [-0.4, -0.2) is 29.2 Å². The number of hydrogen-bond donors (Lipinski definition) is 1. The van der Waals surface area contributed by atoms with Crippen LogP contribution in [-0.2, 0) is 16.0 Å². The molecule has 1 aromatic heterocycles. The van der Waals surface area contributed by atoms with Crippen LogP contribution in [0.25, 0.3) is 0 Å². The van der Waals surface area contributed by atoms with Gasteiger partial charge in [0.05, 0.1) is 23.6 Å². The molecule has 1 amide bonds. The fraction of sp³-hybridized carbons (Fsp3) is 0.316. The van der Waals surface area contributed by atoms with Crippen molar-refractivity contribution < 1.29 is 14.3 Å². The molecule has 25 heavy (non-hydrogen) atoms. The van der Waals surface area contributed by atoms with Crippen LogP contribution in [0.1, 0.15) is 39.4 Å². The largest absolute Gasteiger partial charge is 0.462 e. The smallest absolute Gasteiger partial charge is 0.339 e. The highest BCUT2D eigenvalue weighted by molar-refractivity contribution is 8.00. The van der Waals surface area contributed by atoms with Gasteiger partial charge in [-0.2, -0.15) is 0 Å². The number of hydrogen-bond acceptors (Lipinski definition) is 5. The Bertz CT molecular complexity index is 807. The van der Waals surface area contributed by atoms with E-state index >= 15 is 0 Å². The number of esters is 1. The minimum absolute atomic E-state index is 0.0944. The number of pyridine rings is 1. The van der Waals surface area contributed by atoms with Crippen molar-refractivity contribution in [2.24, 2.45) is 0 Å². The second-order valence-electron chi connectivity index (χ2n) is 5.77. The van der Waals surface area contributed by atoms with Crippen molar-refractivity contribution in [3.8, 4) is 0 Å². The molecule has 3 rings (SSSR count). The van der Waals surface area contributed by atoms with Gasteiger partial charge in [-0.15, -0.1) is 11.8 Å². The Morgan fingerprint density at radius 1 is 1.36 bits per heavy atom. The summed E-state index contributed by atoms with van der Waals surface area (Å²) < 4.78 is 4.99. The number of rotatable bonds is 4. The number of thioether (sulfide) groups is 1. The SMILES string of the molecule is CCOC(=O)c1cnc(C)c(NC(=O)[C@@H]2SCCc3ccccc32)c1. The topological polar surface area (TPSA) is 68.3 Å². The van der Waals surface area contributed by atoms with Crippen LogP contribution in [0.2, 0.25) is 0 Å². The van der Waals surface area contributed by atoms with E-state index in [4.69, 9.17) is 4.74 Å². The number of nitrogens with one attached hydrogen (secondary N) is 1. The summed E-state index contributed by atoms with van der Waals surface area (Å²) in [6.45, 7) is 3.84. The van der Waals surface area contributed by atoms with Crippen molar-refractivity contribution in [3.63, 3.8) is 0 Å². The highest BCUT2D eigenvalue weighted by atomic mass is 32.2. The lowest BCUT2D eigenvalue weighted by molar-refractivity contribution is -0.115. The van der Waals surface area contributed by atoms with E-state index in [1.807, 2.05) is 18.2 Å². The highest BCUT2D eigenvalue weighted by Crippen LogP contribution is 2.37. The standard InChI is InChI=1S/C19H20N2O3S/c1-3-24-19(23)14-10-16(12(2)20-11-14)21-18(22)17-15-7-5-4-6-13(15)8-9-25-17/h4-7,10-11,17H,3,8-9H2,1-2H3,(H,21,22)/t17-/m1/s1. The number of carbonyl (C=O) groups excluding carboxylic acids is 2. The van der Waals surface area contributed by atoms with Crippen molar-refractivity contribution in [2.75, 3.05) is 17.7 Å². The van der Waals surface area contributed by atoms with Crippen molar-refractivity contribution in [1.82, 2.24) is 4.98 Å². The Labute approximate surface area is 151 Å². The Morgan fingerprint density at radius 2 is 2.16 bits per heavy atom. The molecule has 0 unspecified atom stereocenters. The zero-order chi connectivity index (χ0) is 17.8. The first-order valence-electron chi connectivity index (χ1n) is 8.24. The minimum Gasteiger partial charge on any atom is -0.462 e. The third-order valence-electron chi connectivity index (χ3n) is 4.09. The number of anilines is 1. The number of carbonyl (C=O) groups is 2. The summed E-state index contributed by atoms with van der Waals surface area (Å²) in [5, 5.41) is 2.67. The van der Waals surface area contributed by atoms with E-state index in [-0.39, 0.29) is 11.2 Å². The summed E-state index contributed by atoms with van der Waals surface area (Å²) in [6.07, 6.45) is 2.44. The summed E-state index contributed by atoms with van der Waals surface area (Å²) >= 11 is 1.63. The Kier molecular flexibility index (Phi) is 5.38. The fourth-order valence-corrected chi connectivity index (χ4v) is 3.99. The van der Waals surface area contributed by atoms with Gasteiger partial charge in [0.2, 0.25) is 5.91 Å². The molecule has 0 saturated heterocycles. The fourth-order valence-electron chi connectivity index (χ4n) is 2.80. The van der Waals surface area contributed by atoms with Gasteiger partial charge in [-0.3, -0.25) is 9.78 Å². The minimum atomic E-state index is -0.442. The van der Waals surface area contributed by atoms with Gasteiger partial charge in [-0.05, 0) is 43.2 Å². The number of amides is 1. The molecule has 0 spiro atoms. The van der Waals surface area contributed by atoms with E-state index in [9.17, 15) is 9.59 Å². The second kappa shape index (κ2) is 7.70. The Morgan fingerprint density at radius 3 is 2.96 bits per heavy atom. The highest BCUT2D eigenvalue weighted by Gasteiger charge is 2.27. The zero-order valence-corrected chi connectivity index (χ0v) is 15.1. The summed E-state index contributed by atoms with van der Waals surface area (Å²) in [7, 11) is 0. The lowest BCUT2D eigenvalue weighted by Gasteiger charge is -2.24. The van der Waals surface area contributed by atoms with Gasteiger partial charge >= 0.3 is 5.97 Å². The van der Waals surface area contributed by atoms with E-state index < -0.39 is 5.97 Å². The first-order valence-corrected chi connectivity index (χ1v) is 9.29. The molecule has 1 N–H and O–H groups in total. The summed E-state index contributed by atoms with van der Waals surface area (Å²) in [4.78, 5) is 28.9. The van der Waals surface area contributed by atoms with Gasteiger partial charge in [0.25, 0.3) is 0 Å². The van der Waals surface area contributed by atoms with Gasteiger partial charge in [0.1, 0.15) is 5.25 Å². The molecular formula is C19H20N2O3S. The molecule has 0 aliphatic carbocycles. The monoisotopic (exact) mass is 356 g/mol. The molecule has 2 heterocycles. The van der Waals surface area contributed by atoms with Gasteiger partial charge in [-0.1, -0.05) is 24.3 Å². The average Bonchev–Trinajstić information content (AvgIpc) is 2.63. The molecule has 0 bridgehead atoms. The number of fused-ring (bicyclic) bond motifs is 1. The second-order valence-corrected chi connectivity index (χ2v) is 6.98. The summed E-state index contributed by atoms with van der Waals surface area (Å²) in [5.41, 5.74) is 3.81. The van der Waals surface area contributed by atoms with Gasteiger partial charge in [0, 0.05) is 6.20 Å². The third kappa shape index (κ3) is 3.85. The maximum absolute atomic E-state index is 12.8. The molecule has 2 aromatic rings. The predicted molar refractivity (Wildman–Crippen MR) is 98.9 cm³/mol. The first kappa shape index (κ1) is 17.5. The van der Waals surface area contributed by atoms with Crippen molar-refractivity contribution in [3.05, 3.63) is 58.9 Å². The van der Waals surface area contributed by atoms with E-state index in [2.05, 4.69) is 16.4 Å². The third-order valence-corrected chi connectivity index (χ3v) is 5.33. The maximum Gasteiger partial charge on any atom is 0.339 e. The van der Waals surface area contributed by atoms with Crippen LogP contribution in [0.15, 0.2) is 36.5 Å². The lowest BCUT2D eigenvalue weighted by Crippen LogP contribution is -2.23. The number of aryl methyl sites for hydroxylation is 2. The van der Waals surface area contributed by atoms with Gasteiger partial charge < -0.3 is 10.1 Å². The summed E-state index contributed by atoms with van der Waals surface area (Å²) in [6, 6.07) is 9.66. The molecule has 1 aromatic carbocycles. The number of nitrogens with zero attached hydrogens (tertiary/aromatic N) is 1. The quantitative estimate of drug-likeness (QED) is 0.849. The van der Waals surface area contributed by atoms with Gasteiger partial charge in [-0.25, -0.2) is 4.79 Å². The first-order chi connectivity index (χ1) is 12.1. The molecule has 6 heteroatoms. The lowest BCUT2D eigenvalue weighted by atomic mass is 10.0. The number of ether oxygens (including phenoxy) is 1. The number of aromatic nitrogens is 1. The predicted octanol–water partition coefficient (Wildman–Crippen LogP) is 3.54. The van der Waals surface area contributed by atoms with Crippen molar-refractivity contribution in [1.29, 1.82) is 0 Å². The molecule has 0 radical (unpaired) electrons. The van der Waals surface area contributed by atoms with Crippen LogP contribution in [0, 0.1) is 6.92 Å². The Hall–Kier alpha value is -2.34. The van der Waals surface area contributed by atoms with Crippen molar-refractivity contribution >= 4 is 29.3 Å². The van der Waals surface area contributed by atoms with Crippen LogP contribution in [0.4, 0.5) is 5.69 Å². The van der Waals surface area contributed by atoms with Crippen LogP contribution in [0.5, 0.6) is 0 Å². The molecular weight excluding hydrogens is 336 g/mol. The molecule has 5 nitrogen and oxygen atoms in total. The summed E-state index contributed by atoms with van der Waals surface area (Å²) in [5.74, 6) is 0.376. The normalized spacial score (nSPS) is 16.0. The Balaban J connectivity index is 1.82.